The number of amides is 2. The monoisotopic (exact) mass is 412 g/mol. The van der Waals surface area contributed by atoms with E-state index >= 15 is 0 Å². The zero-order valence-corrected chi connectivity index (χ0v) is 17.2. The molecule has 1 heterocycles. The van der Waals surface area contributed by atoms with Crippen LogP contribution in [-0.2, 0) is 9.59 Å². The number of hydrogen-bond donors (Lipinski definition) is 1. The molecule has 0 radical (unpaired) electrons. The lowest BCUT2D eigenvalue weighted by molar-refractivity contribution is -0.141. The molecule has 0 saturated carbocycles. The number of nitrogens with zero attached hydrogens (tertiary/aromatic N) is 1. The first kappa shape index (κ1) is 20.5. The summed E-state index contributed by atoms with van der Waals surface area (Å²) >= 11 is 0. The molecule has 1 saturated heterocycles. The first-order valence-corrected chi connectivity index (χ1v) is 10.5. The highest BCUT2D eigenvalue weighted by Crippen LogP contribution is 2.27. The molecule has 5 heteroatoms. The summed E-state index contributed by atoms with van der Waals surface area (Å²) in [6.07, 6.45) is 2.18. The van der Waals surface area contributed by atoms with Crippen molar-refractivity contribution in [1.29, 1.82) is 0 Å². The van der Waals surface area contributed by atoms with Crippen LogP contribution < -0.4 is 5.32 Å². The predicted molar refractivity (Wildman–Crippen MR) is 120 cm³/mol. The topological polar surface area (TPSA) is 66.5 Å². The molecule has 1 aliphatic heterocycles. The van der Waals surface area contributed by atoms with Crippen molar-refractivity contribution in [2.24, 2.45) is 0 Å². The largest absolute Gasteiger partial charge is 0.327 e. The van der Waals surface area contributed by atoms with Crippen LogP contribution in [0.1, 0.15) is 46.8 Å². The van der Waals surface area contributed by atoms with E-state index in [1.54, 1.807) is 41.3 Å². The number of hydrogen-bond acceptors (Lipinski definition) is 3. The molecule has 0 spiro atoms. The van der Waals surface area contributed by atoms with Gasteiger partial charge in [-0.2, -0.15) is 0 Å². The van der Waals surface area contributed by atoms with Crippen molar-refractivity contribution < 1.29 is 14.4 Å². The summed E-state index contributed by atoms with van der Waals surface area (Å²) in [6, 6.07) is 24.6. The molecule has 156 valence electrons. The van der Waals surface area contributed by atoms with Crippen molar-refractivity contribution in [2.45, 2.75) is 25.3 Å². The highest BCUT2D eigenvalue weighted by atomic mass is 16.2. The van der Waals surface area contributed by atoms with Gasteiger partial charge in [0.1, 0.15) is 6.04 Å². The maximum atomic E-state index is 13.3. The number of rotatable bonds is 6. The van der Waals surface area contributed by atoms with E-state index in [0.717, 1.165) is 18.4 Å². The standard InChI is InChI=1S/C26H24N2O3/c29-23-16-7-8-17-28(23)24(19-10-3-1-4-11-19)26(31)27-22-15-9-14-21(18-22)25(30)20-12-5-2-6-13-20/h1-6,9-15,18,24H,7-8,16-17H2,(H,27,31). The Kier molecular flexibility index (Phi) is 6.22. The van der Waals surface area contributed by atoms with Crippen LogP contribution in [0.5, 0.6) is 0 Å². The third kappa shape index (κ3) is 4.72. The van der Waals surface area contributed by atoms with Crippen molar-refractivity contribution in [2.75, 3.05) is 11.9 Å². The number of carbonyl (C=O) groups is 3. The summed E-state index contributed by atoms with van der Waals surface area (Å²) in [5, 5.41) is 2.92. The smallest absolute Gasteiger partial charge is 0.251 e. The van der Waals surface area contributed by atoms with Gasteiger partial charge in [0.05, 0.1) is 0 Å². The second-order valence-corrected chi connectivity index (χ2v) is 7.62. The third-order valence-corrected chi connectivity index (χ3v) is 5.46. The lowest BCUT2D eigenvalue weighted by atomic mass is 10.00. The van der Waals surface area contributed by atoms with E-state index in [0.29, 0.717) is 29.8 Å². The minimum absolute atomic E-state index is 0.0109. The van der Waals surface area contributed by atoms with Crippen molar-refractivity contribution in [3.63, 3.8) is 0 Å². The minimum Gasteiger partial charge on any atom is -0.327 e. The second kappa shape index (κ2) is 9.39. The molecule has 0 aromatic heterocycles. The molecular weight excluding hydrogens is 388 g/mol. The van der Waals surface area contributed by atoms with Crippen LogP contribution in [0.3, 0.4) is 0 Å². The highest BCUT2D eigenvalue weighted by molar-refractivity contribution is 6.10. The Morgan fingerprint density at radius 2 is 1.48 bits per heavy atom. The fraction of sp³-hybridized carbons (Fsp3) is 0.192. The molecule has 4 rings (SSSR count). The number of nitrogens with one attached hydrogen (secondary N) is 1. The average Bonchev–Trinajstić information content (AvgIpc) is 2.81. The van der Waals surface area contributed by atoms with Gasteiger partial charge in [-0.15, -0.1) is 0 Å². The Balaban J connectivity index is 1.59. The number of benzene rings is 3. The molecule has 3 aromatic rings. The Labute approximate surface area is 181 Å². The van der Waals surface area contributed by atoms with Gasteiger partial charge in [0.2, 0.25) is 5.91 Å². The van der Waals surface area contributed by atoms with E-state index in [1.165, 1.54) is 0 Å². The van der Waals surface area contributed by atoms with Gasteiger partial charge < -0.3 is 10.2 Å². The Bertz CT molecular complexity index is 1080. The molecule has 31 heavy (non-hydrogen) atoms. The van der Waals surface area contributed by atoms with E-state index in [4.69, 9.17) is 0 Å². The summed E-state index contributed by atoms with van der Waals surface area (Å²) in [5.41, 5.74) is 2.38. The summed E-state index contributed by atoms with van der Waals surface area (Å²) in [4.78, 5) is 40.3. The van der Waals surface area contributed by atoms with Crippen LogP contribution >= 0.6 is 0 Å². The average molecular weight is 412 g/mol. The van der Waals surface area contributed by atoms with Gasteiger partial charge in [0.25, 0.3) is 5.91 Å². The SMILES string of the molecule is O=C(c1ccccc1)c1cccc(NC(=O)C(c2ccccc2)N2CCCCC2=O)c1. The molecule has 3 aromatic carbocycles. The first-order chi connectivity index (χ1) is 15.1. The fourth-order valence-corrected chi connectivity index (χ4v) is 3.91. The van der Waals surface area contributed by atoms with Crippen LogP contribution in [0.4, 0.5) is 5.69 Å². The van der Waals surface area contributed by atoms with Crippen LogP contribution in [0.15, 0.2) is 84.9 Å². The number of likely N-dealkylation sites (tertiary alicyclic amines) is 1. The zero-order chi connectivity index (χ0) is 21.6. The Hall–Kier alpha value is -3.73. The van der Waals surface area contributed by atoms with Gasteiger partial charge in [-0.05, 0) is 30.5 Å². The molecule has 1 fully saturated rings. The van der Waals surface area contributed by atoms with Crippen molar-refractivity contribution >= 4 is 23.3 Å². The van der Waals surface area contributed by atoms with Crippen molar-refractivity contribution in [3.05, 3.63) is 102 Å². The van der Waals surface area contributed by atoms with Crippen molar-refractivity contribution in [1.82, 2.24) is 4.90 Å². The lowest BCUT2D eigenvalue weighted by Crippen LogP contribution is -2.43. The number of ketones is 1. The Morgan fingerprint density at radius 3 is 2.19 bits per heavy atom. The third-order valence-electron chi connectivity index (χ3n) is 5.46. The minimum atomic E-state index is -0.706. The van der Waals surface area contributed by atoms with Crippen molar-refractivity contribution in [3.8, 4) is 0 Å². The molecule has 2 amide bonds. The molecule has 1 unspecified atom stereocenters. The van der Waals surface area contributed by atoms with E-state index in [1.807, 2.05) is 48.5 Å². The quantitative estimate of drug-likeness (QED) is 0.601. The van der Waals surface area contributed by atoms with Gasteiger partial charge >= 0.3 is 0 Å². The lowest BCUT2D eigenvalue weighted by Gasteiger charge is -2.34. The van der Waals surface area contributed by atoms with Gasteiger partial charge in [0.15, 0.2) is 5.78 Å². The van der Waals surface area contributed by atoms with Crippen LogP contribution in [0, 0.1) is 0 Å². The Morgan fingerprint density at radius 1 is 0.806 bits per heavy atom. The molecule has 1 aliphatic rings. The summed E-state index contributed by atoms with van der Waals surface area (Å²) in [7, 11) is 0. The number of anilines is 1. The molecule has 5 nitrogen and oxygen atoms in total. The second-order valence-electron chi connectivity index (χ2n) is 7.62. The van der Waals surface area contributed by atoms with Crippen LogP contribution in [-0.4, -0.2) is 29.0 Å². The van der Waals surface area contributed by atoms with Gasteiger partial charge in [-0.25, -0.2) is 0 Å². The molecule has 0 aliphatic carbocycles. The maximum absolute atomic E-state index is 13.3. The summed E-state index contributed by atoms with van der Waals surface area (Å²) in [6.45, 7) is 0.554. The number of piperidine rings is 1. The summed E-state index contributed by atoms with van der Waals surface area (Å²) < 4.78 is 0. The van der Waals surface area contributed by atoms with Gasteiger partial charge in [-0.3, -0.25) is 14.4 Å². The highest BCUT2D eigenvalue weighted by Gasteiger charge is 2.32. The molecule has 1 atom stereocenters. The van der Waals surface area contributed by atoms with E-state index in [-0.39, 0.29) is 17.6 Å². The van der Waals surface area contributed by atoms with Gasteiger partial charge in [0, 0.05) is 29.8 Å². The maximum Gasteiger partial charge on any atom is 0.251 e. The van der Waals surface area contributed by atoms with E-state index < -0.39 is 6.04 Å². The number of carbonyl (C=O) groups excluding carboxylic acids is 3. The molecule has 0 bridgehead atoms. The summed E-state index contributed by atoms with van der Waals surface area (Å²) in [5.74, 6) is -0.406. The fourth-order valence-electron chi connectivity index (χ4n) is 3.91. The zero-order valence-electron chi connectivity index (χ0n) is 17.2. The predicted octanol–water partition coefficient (Wildman–Crippen LogP) is 4.61. The molecular formula is C26H24N2O3. The van der Waals surface area contributed by atoms with Gasteiger partial charge in [-0.1, -0.05) is 72.8 Å². The normalized spacial score (nSPS) is 14.7. The van der Waals surface area contributed by atoms with Crippen LogP contribution in [0.2, 0.25) is 0 Å². The van der Waals surface area contributed by atoms with E-state index in [2.05, 4.69) is 5.32 Å². The molecule has 1 N–H and O–H groups in total. The van der Waals surface area contributed by atoms with Crippen LogP contribution in [0.25, 0.3) is 0 Å². The van der Waals surface area contributed by atoms with E-state index in [9.17, 15) is 14.4 Å². The first-order valence-electron chi connectivity index (χ1n) is 10.5.